The number of benzene rings is 4. The van der Waals surface area contributed by atoms with Gasteiger partial charge in [0.1, 0.15) is 5.82 Å². The molecule has 0 fully saturated rings. The summed E-state index contributed by atoms with van der Waals surface area (Å²) < 4.78 is 2.25. The highest BCUT2D eigenvalue weighted by atomic mass is 15.8. The van der Waals surface area contributed by atoms with Crippen LogP contribution < -0.4 is 15.3 Å². The van der Waals surface area contributed by atoms with Gasteiger partial charge in [0, 0.05) is 53.5 Å². The molecule has 1 aliphatic rings. The van der Waals surface area contributed by atoms with Gasteiger partial charge in [-0.1, -0.05) is 54.6 Å². The largest absolute Gasteiger partial charge is 0.310 e. The molecule has 6 nitrogen and oxygen atoms in total. The van der Waals surface area contributed by atoms with E-state index in [1.807, 2.05) is 42.9 Å². The Bertz CT molecular complexity index is 1770. The van der Waals surface area contributed by atoms with Crippen molar-refractivity contribution in [3.63, 3.8) is 0 Å². The zero-order valence-corrected chi connectivity index (χ0v) is 20.9. The predicted octanol–water partition coefficient (Wildman–Crippen LogP) is 7.29. The van der Waals surface area contributed by atoms with Gasteiger partial charge in [-0.25, -0.2) is 4.98 Å². The summed E-state index contributed by atoms with van der Waals surface area (Å²) in [6.45, 7) is 0. The highest BCUT2D eigenvalue weighted by Crippen LogP contribution is 2.40. The molecule has 38 heavy (non-hydrogen) atoms. The van der Waals surface area contributed by atoms with E-state index < -0.39 is 0 Å². The van der Waals surface area contributed by atoms with Crippen molar-refractivity contribution in [1.29, 1.82) is 0 Å². The minimum Gasteiger partial charge on any atom is -0.310 e. The summed E-state index contributed by atoms with van der Waals surface area (Å²) in [6.07, 6.45) is 5.79. The van der Waals surface area contributed by atoms with Crippen LogP contribution >= 0.6 is 0 Å². The topological polar surface area (TPSA) is 39.6 Å². The number of hydrazine groups is 2. The molecule has 4 aromatic carbocycles. The second-order valence-corrected chi connectivity index (χ2v) is 9.25. The van der Waals surface area contributed by atoms with Crippen LogP contribution in [0.3, 0.4) is 0 Å². The third-order valence-electron chi connectivity index (χ3n) is 6.96. The maximum absolute atomic E-state index is 4.70. The Morgan fingerprint density at radius 2 is 1.42 bits per heavy atom. The summed E-state index contributed by atoms with van der Waals surface area (Å²) in [7, 11) is 1.99. The summed E-state index contributed by atoms with van der Waals surface area (Å²) in [6, 6.07) is 40.4. The van der Waals surface area contributed by atoms with Crippen molar-refractivity contribution in [2.45, 2.75) is 0 Å². The van der Waals surface area contributed by atoms with Crippen molar-refractivity contribution in [2.24, 2.45) is 0 Å². The van der Waals surface area contributed by atoms with Crippen LogP contribution in [0, 0.1) is 0 Å². The van der Waals surface area contributed by atoms with Gasteiger partial charge < -0.3 is 10.3 Å². The normalized spacial score (nSPS) is 13.3. The predicted molar refractivity (Wildman–Crippen MR) is 156 cm³/mol. The highest BCUT2D eigenvalue weighted by Gasteiger charge is 2.19. The van der Waals surface area contributed by atoms with E-state index in [9.17, 15) is 0 Å². The Balaban J connectivity index is 1.45. The highest BCUT2D eigenvalue weighted by molar-refractivity contribution is 6.10. The fraction of sp³-hybridized carbons (Fsp3) is 0.0312. The first-order valence-corrected chi connectivity index (χ1v) is 12.6. The second-order valence-electron chi connectivity index (χ2n) is 9.25. The first kappa shape index (κ1) is 22.2. The standard InChI is InChI=1S/C32H26N6/c1-35-34-20-21-36(35)25-12-9-13-26(22-25)37(24-10-3-2-4-11-24)27-17-18-29-28-14-5-6-15-30(28)38(31(29)23-27)32-16-7-8-19-33-32/h2-23,34H,1H3. The van der Waals surface area contributed by atoms with Crippen molar-refractivity contribution in [3.05, 3.63) is 134 Å². The number of pyridine rings is 1. The van der Waals surface area contributed by atoms with Crippen LogP contribution in [0.2, 0.25) is 0 Å². The summed E-state index contributed by atoms with van der Waals surface area (Å²) in [5, 5.41) is 6.44. The Hall–Kier alpha value is -5.07. The summed E-state index contributed by atoms with van der Waals surface area (Å²) >= 11 is 0. The lowest BCUT2D eigenvalue weighted by Crippen LogP contribution is -2.37. The molecule has 6 aromatic rings. The number of aromatic nitrogens is 2. The fourth-order valence-corrected chi connectivity index (χ4v) is 5.26. The lowest BCUT2D eigenvalue weighted by molar-refractivity contribution is 0.302. The van der Waals surface area contributed by atoms with E-state index >= 15 is 0 Å². The Labute approximate surface area is 221 Å². The molecule has 0 spiro atoms. The van der Waals surface area contributed by atoms with Gasteiger partial charge >= 0.3 is 0 Å². The molecule has 0 saturated heterocycles. The lowest BCUT2D eigenvalue weighted by Gasteiger charge is -2.29. The van der Waals surface area contributed by atoms with Gasteiger partial charge in [0.05, 0.1) is 16.7 Å². The minimum atomic E-state index is 0.903. The molecule has 0 aliphatic carbocycles. The van der Waals surface area contributed by atoms with Gasteiger partial charge in [-0.05, 0) is 60.7 Å². The van der Waals surface area contributed by atoms with Crippen LogP contribution in [0.15, 0.2) is 134 Å². The van der Waals surface area contributed by atoms with Gasteiger partial charge in [0.25, 0.3) is 0 Å². The zero-order chi connectivity index (χ0) is 25.5. The number of nitrogens with zero attached hydrogens (tertiary/aromatic N) is 5. The van der Waals surface area contributed by atoms with Crippen LogP contribution in [0.5, 0.6) is 0 Å². The monoisotopic (exact) mass is 494 g/mol. The molecule has 0 atom stereocenters. The van der Waals surface area contributed by atoms with Gasteiger partial charge in [-0.3, -0.25) is 9.58 Å². The van der Waals surface area contributed by atoms with E-state index in [0.717, 1.165) is 39.6 Å². The molecule has 0 bridgehead atoms. The molecular formula is C32H26N6. The average molecular weight is 495 g/mol. The molecular weight excluding hydrogens is 468 g/mol. The van der Waals surface area contributed by atoms with Gasteiger partial charge in [0.15, 0.2) is 0 Å². The lowest BCUT2D eigenvalue weighted by atomic mass is 10.1. The first-order valence-electron chi connectivity index (χ1n) is 12.6. The van der Waals surface area contributed by atoms with Crippen molar-refractivity contribution in [1.82, 2.24) is 20.1 Å². The smallest absolute Gasteiger partial charge is 0.137 e. The SMILES string of the molecule is CN1NC=CN1c1cccc(N(c2ccccc2)c2ccc3c4ccccc4n(-c4ccccn4)c3c2)c1. The molecule has 0 radical (unpaired) electrons. The van der Waals surface area contributed by atoms with E-state index in [1.165, 1.54) is 10.8 Å². The van der Waals surface area contributed by atoms with Crippen LogP contribution in [0.25, 0.3) is 27.6 Å². The van der Waals surface area contributed by atoms with E-state index in [-0.39, 0.29) is 0 Å². The van der Waals surface area contributed by atoms with Gasteiger partial charge in [-0.2, -0.15) is 0 Å². The third-order valence-corrected chi connectivity index (χ3v) is 6.96. The van der Waals surface area contributed by atoms with Gasteiger partial charge in [-0.15, -0.1) is 5.12 Å². The molecule has 0 saturated carbocycles. The molecule has 6 heteroatoms. The van der Waals surface area contributed by atoms with Crippen molar-refractivity contribution < 1.29 is 0 Å². The second kappa shape index (κ2) is 9.10. The molecule has 1 N–H and O–H groups in total. The Morgan fingerprint density at radius 3 is 2.24 bits per heavy atom. The zero-order valence-electron chi connectivity index (χ0n) is 20.9. The van der Waals surface area contributed by atoms with Gasteiger partial charge in [0.2, 0.25) is 0 Å². The number of hydrogen-bond acceptors (Lipinski definition) is 5. The first-order chi connectivity index (χ1) is 18.8. The van der Waals surface area contributed by atoms with Crippen molar-refractivity contribution in [2.75, 3.05) is 17.0 Å². The van der Waals surface area contributed by atoms with E-state index in [4.69, 9.17) is 4.98 Å². The summed E-state index contributed by atoms with van der Waals surface area (Å²) in [5.41, 5.74) is 9.75. The number of fused-ring (bicyclic) bond motifs is 3. The molecule has 3 heterocycles. The van der Waals surface area contributed by atoms with Crippen molar-refractivity contribution in [3.8, 4) is 5.82 Å². The minimum absolute atomic E-state index is 0.903. The fourth-order valence-electron chi connectivity index (χ4n) is 5.26. The Morgan fingerprint density at radius 1 is 0.658 bits per heavy atom. The van der Waals surface area contributed by atoms with Crippen LogP contribution in [0.4, 0.5) is 22.7 Å². The number of nitrogens with one attached hydrogen (secondary N) is 1. The Kier molecular flexibility index (Phi) is 5.31. The molecule has 0 unspecified atom stereocenters. The van der Waals surface area contributed by atoms with Crippen molar-refractivity contribution >= 4 is 44.6 Å². The van der Waals surface area contributed by atoms with Crippen LogP contribution in [-0.4, -0.2) is 21.7 Å². The summed E-state index contributed by atoms with van der Waals surface area (Å²) in [4.78, 5) is 7.00. The maximum atomic E-state index is 4.70. The molecule has 1 aliphatic heterocycles. The maximum Gasteiger partial charge on any atom is 0.137 e. The molecule has 7 rings (SSSR count). The number of rotatable bonds is 5. The molecule has 2 aromatic heterocycles. The quantitative estimate of drug-likeness (QED) is 0.272. The summed E-state index contributed by atoms with van der Waals surface area (Å²) in [5.74, 6) is 0.903. The van der Waals surface area contributed by atoms with Crippen LogP contribution in [0.1, 0.15) is 0 Å². The average Bonchev–Trinajstić information content (AvgIpc) is 3.55. The number of hydrogen-bond donors (Lipinski definition) is 1. The van der Waals surface area contributed by atoms with E-state index in [0.29, 0.717) is 0 Å². The van der Waals surface area contributed by atoms with Crippen LogP contribution in [-0.2, 0) is 0 Å². The van der Waals surface area contributed by atoms with E-state index in [1.54, 1.807) is 0 Å². The molecule has 0 amide bonds. The third kappa shape index (κ3) is 3.67. The number of para-hydroxylation sites is 2. The van der Waals surface area contributed by atoms with E-state index in [2.05, 4.69) is 123 Å². The molecule has 184 valence electrons. The number of anilines is 4.